The molecule has 0 radical (unpaired) electrons. The van der Waals surface area contributed by atoms with E-state index in [1.165, 1.54) is 11.1 Å². The van der Waals surface area contributed by atoms with Crippen LogP contribution in [0, 0.1) is 0 Å². The fourth-order valence-corrected chi connectivity index (χ4v) is 2.68. The summed E-state index contributed by atoms with van der Waals surface area (Å²) >= 11 is 0. The number of benzene rings is 1. The number of nitrogens with zero attached hydrogens (tertiary/aromatic N) is 1. The Hall–Kier alpha value is -1.98. The molecule has 0 saturated heterocycles. The molecule has 1 aliphatic rings. The molecule has 1 atom stereocenters. The van der Waals surface area contributed by atoms with Crippen LogP contribution in [0.5, 0.6) is 0 Å². The predicted octanol–water partition coefficient (Wildman–Crippen LogP) is 1.19. The number of rotatable bonds is 6. The van der Waals surface area contributed by atoms with E-state index in [-0.39, 0.29) is 11.5 Å². The highest BCUT2D eigenvalue weighted by molar-refractivity contribution is 5.43. The third-order valence-electron chi connectivity index (χ3n) is 3.79. The van der Waals surface area contributed by atoms with Crippen LogP contribution in [0.3, 0.4) is 0 Å². The largest absolute Gasteiger partial charge is 0.383 e. The standard InChI is InChI=1S/C16H19N3O2/c1-21-7-6-17-10-12-9-15(20)19-16(18-12)14-8-11-4-2-3-5-13(11)14/h2-5,9,14,17H,6-8,10H2,1H3,(H,18,19,20). The van der Waals surface area contributed by atoms with Crippen molar-refractivity contribution in [2.75, 3.05) is 20.3 Å². The van der Waals surface area contributed by atoms with E-state index in [1.807, 2.05) is 12.1 Å². The molecule has 1 heterocycles. The molecule has 5 heteroatoms. The first-order chi connectivity index (χ1) is 10.3. The van der Waals surface area contributed by atoms with E-state index in [0.717, 1.165) is 24.5 Å². The number of H-pyrrole nitrogens is 1. The topological polar surface area (TPSA) is 67.0 Å². The van der Waals surface area contributed by atoms with Crippen molar-refractivity contribution in [1.82, 2.24) is 15.3 Å². The number of hydrogen-bond donors (Lipinski definition) is 2. The molecule has 5 nitrogen and oxygen atoms in total. The van der Waals surface area contributed by atoms with E-state index in [1.54, 1.807) is 13.2 Å². The zero-order chi connectivity index (χ0) is 14.7. The van der Waals surface area contributed by atoms with Gasteiger partial charge < -0.3 is 15.0 Å². The van der Waals surface area contributed by atoms with Crippen LogP contribution in [-0.4, -0.2) is 30.2 Å². The zero-order valence-corrected chi connectivity index (χ0v) is 12.1. The van der Waals surface area contributed by atoms with Crippen LogP contribution in [0.2, 0.25) is 0 Å². The van der Waals surface area contributed by atoms with E-state index < -0.39 is 0 Å². The van der Waals surface area contributed by atoms with Gasteiger partial charge in [0.1, 0.15) is 5.82 Å². The summed E-state index contributed by atoms with van der Waals surface area (Å²) in [5.41, 5.74) is 3.29. The summed E-state index contributed by atoms with van der Waals surface area (Å²) < 4.78 is 4.98. The molecule has 1 unspecified atom stereocenters. The van der Waals surface area contributed by atoms with Gasteiger partial charge in [0.15, 0.2) is 0 Å². The molecule has 110 valence electrons. The summed E-state index contributed by atoms with van der Waals surface area (Å²) in [4.78, 5) is 19.3. The third-order valence-corrected chi connectivity index (χ3v) is 3.79. The number of methoxy groups -OCH3 is 1. The smallest absolute Gasteiger partial charge is 0.251 e. The Balaban J connectivity index is 1.75. The first-order valence-electron chi connectivity index (χ1n) is 7.15. The van der Waals surface area contributed by atoms with Crippen molar-refractivity contribution in [1.29, 1.82) is 0 Å². The summed E-state index contributed by atoms with van der Waals surface area (Å²) in [6.45, 7) is 1.97. The van der Waals surface area contributed by atoms with Gasteiger partial charge in [-0.15, -0.1) is 0 Å². The van der Waals surface area contributed by atoms with Crippen molar-refractivity contribution < 1.29 is 4.74 Å². The molecule has 1 aromatic heterocycles. The highest BCUT2D eigenvalue weighted by Crippen LogP contribution is 2.37. The van der Waals surface area contributed by atoms with Gasteiger partial charge in [0.25, 0.3) is 5.56 Å². The maximum absolute atomic E-state index is 11.8. The minimum absolute atomic E-state index is 0.0899. The highest BCUT2D eigenvalue weighted by Gasteiger charge is 2.29. The minimum atomic E-state index is -0.0899. The van der Waals surface area contributed by atoms with Gasteiger partial charge in [0.2, 0.25) is 0 Å². The highest BCUT2D eigenvalue weighted by atomic mass is 16.5. The summed E-state index contributed by atoms with van der Waals surface area (Å²) in [5, 5.41) is 3.21. The summed E-state index contributed by atoms with van der Waals surface area (Å²) in [7, 11) is 1.67. The van der Waals surface area contributed by atoms with Crippen LogP contribution < -0.4 is 10.9 Å². The van der Waals surface area contributed by atoms with E-state index >= 15 is 0 Å². The van der Waals surface area contributed by atoms with Crippen LogP contribution in [-0.2, 0) is 17.7 Å². The lowest BCUT2D eigenvalue weighted by atomic mass is 9.77. The quantitative estimate of drug-likeness (QED) is 0.783. The van der Waals surface area contributed by atoms with Gasteiger partial charge in [-0.05, 0) is 17.5 Å². The van der Waals surface area contributed by atoms with Gasteiger partial charge in [0, 0.05) is 32.2 Å². The van der Waals surface area contributed by atoms with E-state index in [2.05, 4.69) is 27.4 Å². The molecule has 0 saturated carbocycles. The molecule has 1 aromatic carbocycles. The second-order valence-corrected chi connectivity index (χ2v) is 5.25. The Labute approximate surface area is 123 Å². The molecule has 1 aliphatic carbocycles. The van der Waals surface area contributed by atoms with Crippen molar-refractivity contribution >= 4 is 0 Å². The lowest BCUT2D eigenvalue weighted by Gasteiger charge is -2.29. The molecular formula is C16H19N3O2. The fourth-order valence-electron chi connectivity index (χ4n) is 2.68. The zero-order valence-electron chi connectivity index (χ0n) is 12.1. The van der Waals surface area contributed by atoms with Crippen molar-refractivity contribution in [3.05, 3.63) is 63.3 Å². The first-order valence-corrected chi connectivity index (χ1v) is 7.15. The fraction of sp³-hybridized carbons (Fsp3) is 0.375. The van der Waals surface area contributed by atoms with Crippen LogP contribution in [0.4, 0.5) is 0 Å². The monoisotopic (exact) mass is 285 g/mol. The molecule has 2 N–H and O–H groups in total. The molecule has 0 bridgehead atoms. The van der Waals surface area contributed by atoms with Crippen LogP contribution in [0.25, 0.3) is 0 Å². The average Bonchev–Trinajstić information content (AvgIpc) is 2.44. The normalized spacial score (nSPS) is 16.3. The number of fused-ring (bicyclic) bond motifs is 1. The Morgan fingerprint density at radius 1 is 1.43 bits per heavy atom. The number of ether oxygens (including phenoxy) is 1. The molecule has 0 fully saturated rings. The number of aromatic nitrogens is 2. The molecule has 3 rings (SSSR count). The Morgan fingerprint density at radius 3 is 3.10 bits per heavy atom. The van der Waals surface area contributed by atoms with Crippen LogP contribution in [0.1, 0.15) is 28.6 Å². The third kappa shape index (κ3) is 3.04. The first kappa shape index (κ1) is 14.0. The van der Waals surface area contributed by atoms with Gasteiger partial charge >= 0.3 is 0 Å². The SMILES string of the molecule is COCCNCc1cc(=O)[nH]c(C2Cc3ccccc32)n1. The molecular weight excluding hydrogens is 266 g/mol. The number of nitrogens with one attached hydrogen (secondary N) is 2. The number of hydrogen-bond acceptors (Lipinski definition) is 4. The maximum atomic E-state index is 11.8. The second kappa shape index (κ2) is 6.20. The summed E-state index contributed by atoms with van der Waals surface area (Å²) in [6, 6.07) is 9.85. The van der Waals surface area contributed by atoms with Gasteiger partial charge in [-0.25, -0.2) is 4.98 Å². The molecule has 2 aromatic rings. The van der Waals surface area contributed by atoms with E-state index in [0.29, 0.717) is 13.2 Å². The van der Waals surface area contributed by atoms with Crippen LogP contribution >= 0.6 is 0 Å². The summed E-state index contributed by atoms with van der Waals surface area (Å²) in [5.74, 6) is 0.984. The maximum Gasteiger partial charge on any atom is 0.251 e. The van der Waals surface area contributed by atoms with Crippen LogP contribution in [0.15, 0.2) is 35.1 Å². The lowest BCUT2D eigenvalue weighted by molar-refractivity contribution is 0.199. The van der Waals surface area contributed by atoms with Gasteiger partial charge in [0.05, 0.1) is 12.3 Å². The molecule has 21 heavy (non-hydrogen) atoms. The molecule has 0 amide bonds. The van der Waals surface area contributed by atoms with E-state index in [4.69, 9.17) is 4.74 Å². The average molecular weight is 285 g/mol. The molecule has 0 aliphatic heterocycles. The number of aromatic amines is 1. The van der Waals surface area contributed by atoms with Gasteiger partial charge in [-0.3, -0.25) is 4.79 Å². The summed E-state index contributed by atoms with van der Waals surface area (Å²) in [6.07, 6.45) is 0.944. The van der Waals surface area contributed by atoms with E-state index in [9.17, 15) is 4.79 Å². The van der Waals surface area contributed by atoms with Crippen molar-refractivity contribution in [2.24, 2.45) is 0 Å². The second-order valence-electron chi connectivity index (χ2n) is 5.25. The molecule has 0 spiro atoms. The van der Waals surface area contributed by atoms with Crippen molar-refractivity contribution in [2.45, 2.75) is 18.9 Å². The minimum Gasteiger partial charge on any atom is -0.383 e. The van der Waals surface area contributed by atoms with Gasteiger partial charge in [-0.1, -0.05) is 24.3 Å². The predicted molar refractivity (Wildman–Crippen MR) is 80.4 cm³/mol. The Bertz CT molecular complexity index is 681. The van der Waals surface area contributed by atoms with Gasteiger partial charge in [-0.2, -0.15) is 0 Å². The Morgan fingerprint density at radius 2 is 2.29 bits per heavy atom. The Kier molecular flexibility index (Phi) is 4.13. The van der Waals surface area contributed by atoms with Crippen molar-refractivity contribution in [3.8, 4) is 0 Å². The van der Waals surface area contributed by atoms with Crippen molar-refractivity contribution in [3.63, 3.8) is 0 Å². The lowest BCUT2D eigenvalue weighted by Crippen LogP contribution is -2.26.